The van der Waals surface area contributed by atoms with E-state index in [-0.39, 0.29) is 11.6 Å². The molecule has 0 aliphatic heterocycles. The van der Waals surface area contributed by atoms with Gasteiger partial charge < -0.3 is 9.47 Å². The maximum atomic E-state index is 12.6. The first-order valence-corrected chi connectivity index (χ1v) is 14.6. The minimum atomic E-state index is -0.162. The van der Waals surface area contributed by atoms with Crippen LogP contribution < -0.4 is 9.47 Å². The van der Waals surface area contributed by atoms with Crippen molar-refractivity contribution in [2.75, 3.05) is 13.2 Å². The maximum Gasteiger partial charge on any atom is 0.185 e. The molecule has 42 heavy (non-hydrogen) atoms. The largest absolute Gasteiger partial charge is 0.494 e. The van der Waals surface area contributed by atoms with E-state index in [4.69, 9.17) is 55.9 Å². The van der Waals surface area contributed by atoms with E-state index < -0.39 is 0 Å². The van der Waals surface area contributed by atoms with E-state index in [1.165, 1.54) is 12.2 Å². The van der Waals surface area contributed by atoms with E-state index in [1.807, 2.05) is 12.1 Å². The number of ether oxygens (including phenoxy) is 2. The molecule has 4 nitrogen and oxygen atoms in total. The fourth-order valence-corrected chi connectivity index (χ4v) is 4.80. The van der Waals surface area contributed by atoms with Crippen molar-refractivity contribution >= 4 is 70.1 Å². The molecule has 0 unspecified atom stereocenters. The van der Waals surface area contributed by atoms with Crippen molar-refractivity contribution in [1.82, 2.24) is 0 Å². The molecule has 0 amide bonds. The first-order valence-electron chi connectivity index (χ1n) is 13.1. The Kier molecular flexibility index (Phi) is 11.7. The van der Waals surface area contributed by atoms with Crippen LogP contribution in [0.1, 0.15) is 44.7 Å². The van der Waals surface area contributed by atoms with Crippen LogP contribution in [0.25, 0.3) is 12.2 Å². The van der Waals surface area contributed by atoms with Crippen molar-refractivity contribution < 1.29 is 19.1 Å². The molecule has 0 aliphatic carbocycles. The van der Waals surface area contributed by atoms with Crippen molar-refractivity contribution in [2.24, 2.45) is 0 Å². The van der Waals surface area contributed by atoms with Gasteiger partial charge in [-0.1, -0.05) is 82.8 Å². The number of rotatable bonds is 13. The molecule has 0 saturated heterocycles. The highest BCUT2D eigenvalue weighted by molar-refractivity contribution is 6.36. The summed E-state index contributed by atoms with van der Waals surface area (Å²) in [6.07, 6.45) is 7.76. The number of benzene rings is 4. The lowest BCUT2D eigenvalue weighted by atomic mass is 10.1. The predicted octanol–water partition coefficient (Wildman–Crippen LogP) is 10.3. The van der Waals surface area contributed by atoms with Crippen LogP contribution in [-0.4, -0.2) is 24.8 Å². The standard InChI is InChI=1S/C34H26Cl4O4/c35-27-13-9-23(31(37)21-27)11-15-33(39)25-5-3-7-29(19-25)41-17-1-2-18-42-30-8-4-6-26(20-30)34(40)16-12-24-10-14-28(36)22-32(24)38/h3-16,19-22H,1-2,17-18H2/b15-11+,16-12+. The number of carbonyl (C=O) groups excluding carboxylic acids is 2. The summed E-state index contributed by atoms with van der Waals surface area (Å²) in [6.45, 7) is 0.932. The van der Waals surface area contributed by atoms with Gasteiger partial charge in [-0.15, -0.1) is 0 Å². The van der Waals surface area contributed by atoms with Crippen LogP contribution in [0.3, 0.4) is 0 Å². The number of hydrogen-bond acceptors (Lipinski definition) is 4. The number of ketones is 2. The summed E-state index contributed by atoms with van der Waals surface area (Å²) in [7, 11) is 0. The Hall–Kier alpha value is -3.54. The highest BCUT2D eigenvalue weighted by atomic mass is 35.5. The molecule has 4 aromatic rings. The summed E-state index contributed by atoms with van der Waals surface area (Å²) in [5.74, 6) is 0.896. The van der Waals surface area contributed by atoms with Gasteiger partial charge in [0, 0.05) is 31.2 Å². The third kappa shape index (κ3) is 9.50. The van der Waals surface area contributed by atoms with Gasteiger partial charge in [0.15, 0.2) is 11.6 Å². The van der Waals surface area contributed by atoms with Crippen LogP contribution in [0.15, 0.2) is 97.1 Å². The quantitative estimate of drug-likeness (QED) is 0.0829. The molecular formula is C34H26Cl4O4. The van der Waals surface area contributed by atoms with Gasteiger partial charge >= 0.3 is 0 Å². The molecule has 0 spiro atoms. The molecule has 8 heteroatoms. The Morgan fingerprint density at radius 1 is 0.571 bits per heavy atom. The minimum Gasteiger partial charge on any atom is -0.494 e. The molecule has 0 saturated carbocycles. The highest BCUT2D eigenvalue weighted by Crippen LogP contribution is 2.24. The molecule has 4 aromatic carbocycles. The van der Waals surface area contributed by atoms with Crippen LogP contribution >= 0.6 is 46.4 Å². The van der Waals surface area contributed by atoms with Crippen LogP contribution in [-0.2, 0) is 0 Å². The average Bonchev–Trinajstić information content (AvgIpc) is 2.98. The molecule has 0 atom stereocenters. The third-order valence-electron chi connectivity index (χ3n) is 6.07. The van der Waals surface area contributed by atoms with Crippen molar-refractivity contribution in [1.29, 1.82) is 0 Å². The maximum absolute atomic E-state index is 12.6. The monoisotopic (exact) mass is 638 g/mol. The zero-order chi connectivity index (χ0) is 29.9. The Morgan fingerprint density at radius 3 is 1.40 bits per heavy atom. The van der Waals surface area contributed by atoms with Gasteiger partial charge in [0.25, 0.3) is 0 Å². The summed E-state index contributed by atoms with van der Waals surface area (Å²) in [5.41, 5.74) is 2.44. The van der Waals surface area contributed by atoms with Crippen molar-refractivity contribution in [2.45, 2.75) is 12.8 Å². The molecular weight excluding hydrogens is 614 g/mol. The molecule has 0 bridgehead atoms. The Morgan fingerprint density at radius 2 is 1.00 bits per heavy atom. The normalized spacial score (nSPS) is 11.2. The number of allylic oxidation sites excluding steroid dienone is 2. The molecule has 0 heterocycles. The van der Waals surface area contributed by atoms with Crippen LogP contribution in [0.4, 0.5) is 0 Å². The van der Waals surface area contributed by atoms with Gasteiger partial charge in [-0.25, -0.2) is 0 Å². The number of halogens is 4. The number of unbranched alkanes of at least 4 members (excludes halogenated alkanes) is 1. The molecule has 0 radical (unpaired) electrons. The second kappa shape index (κ2) is 15.6. The van der Waals surface area contributed by atoms with Crippen molar-refractivity contribution in [3.8, 4) is 11.5 Å². The van der Waals surface area contributed by atoms with Crippen LogP contribution in [0, 0.1) is 0 Å². The first kappa shape index (κ1) is 31.4. The molecule has 0 N–H and O–H groups in total. The van der Waals surface area contributed by atoms with Gasteiger partial charge in [0.1, 0.15) is 11.5 Å². The van der Waals surface area contributed by atoms with E-state index in [0.29, 0.717) is 67.1 Å². The summed E-state index contributed by atoms with van der Waals surface area (Å²) >= 11 is 24.2. The zero-order valence-electron chi connectivity index (χ0n) is 22.4. The fourth-order valence-electron chi connectivity index (χ4n) is 3.86. The molecule has 0 fully saturated rings. The molecule has 214 valence electrons. The minimum absolute atomic E-state index is 0.162. The lowest BCUT2D eigenvalue weighted by Gasteiger charge is -2.09. The summed E-state index contributed by atoms with van der Waals surface area (Å²) in [4.78, 5) is 25.3. The van der Waals surface area contributed by atoms with E-state index in [1.54, 1.807) is 84.9 Å². The van der Waals surface area contributed by atoms with Crippen LogP contribution in [0.2, 0.25) is 20.1 Å². The predicted molar refractivity (Wildman–Crippen MR) is 173 cm³/mol. The van der Waals surface area contributed by atoms with Gasteiger partial charge in [0.2, 0.25) is 0 Å². The second-order valence-electron chi connectivity index (χ2n) is 9.19. The lowest BCUT2D eigenvalue weighted by molar-refractivity contribution is 0.103. The van der Waals surface area contributed by atoms with Crippen LogP contribution in [0.5, 0.6) is 11.5 Å². The van der Waals surface area contributed by atoms with E-state index in [9.17, 15) is 9.59 Å². The van der Waals surface area contributed by atoms with Crippen molar-refractivity contribution in [3.05, 3.63) is 139 Å². The van der Waals surface area contributed by atoms with Gasteiger partial charge in [-0.05, 0) is 96.8 Å². The summed E-state index contributed by atoms with van der Waals surface area (Å²) in [6, 6.07) is 24.3. The average molecular weight is 640 g/mol. The van der Waals surface area contributed by atoms with E-state index >= 15 is 0 Å². The van der Waals surface area contributed by atoms with Crippen molar-refractivity contribution in [3.63, 3.8) is 0 Å². The highest BCUT2D eigenvalue weighted by Gasteiger charge is 2.07. The Labute approximate surface area is 265 Å². The van der Waals surface area contributed by atoms with Gasteiger partial charge in [-0.2, -0.15) is 0 Å². The smallest absolute Gasteiger partial charge is 0.185 e. The van der Waals surface area contributed by atoms with Gasteiger partial charge in [0.05, 0.1) is 13.2 Å². The van der Waals surface area contributed by atoms with Gasteiger partial charge in [-0.3, -0.25) is 9.59 Å². The molecule has 0 aliphatic rings. The third-order valence-corrected chi connectivity index (χ3v) is 7.19. The number of carbonyl (C=O) groups is 2. The first-order chi connectivity index (χ1) is 20.3. The SMILES string of the molecule is O=C(/C=C/c1ccc(Cl)cc1Cl)c1cccc(OCCCCOc2cccc(C(=O)/C=C/c3ccc(Cl)cc3Cl)c2)c1. The van der Waals surface area contributed by atoms with E-state index in [0.717, 1.165) is 12.8 Å². The zero-order valence-corrected chi connectivity index (χ0v) is 25.4. The fraction of sp³-hybridized carbons (Fsp3) is 0.118. The number of hydrogen-bond donors (Lipinski definition) is 0. The van der Waals surface area contributed by atoms with E-state index in [2.05, 4.69) is 0 Å². The topological polar surface area (TPSA) is 52.6 Å². The second-order valence-corrected chi connectivity index (χ2v) is 10.9. The summed E-state index contributed by atoms with van der Waals surface area (Å²) < 4.78 is 11.7. The lowest BCUT2D eigenvalue weighted by Crippen LogP contribution is -2.04. The summed E-state index contributed by atoms with van der Waals surface area (Å²) in [5, 5.41) is 2.02. The molecule has 4 rings (SSSR count). The Bertz CT molecular complexity index is 1510. The Balaban J connectivity index is 1.20. The molecule has 0 aromatic heterocycles.